The molecule has 0 saturated heterocycles. The van der Waals surface area contributed by atoms with Gasteiger partial charge in [0.2, 0.25) is 0 Å². The van der Waals surface area contributed by atoms with Crippen LogP contribution in [0.15, 0.2) is 24.3 Å². The summed E-state index contributed by atoms with van der Waals surface area (Å²) in [7, 11) is 0. The lowest BCUT2D eigenvalue weighted by Crippen LogP contribution is -2.09. The molecule has 0 aliphatic carbocycles. The molecule has 0 aliphatic rings. The van der Waals surface area contributed by atoms with E-state index in [9.17, 15) is 0 Å². The van der Waals surface area contributed by atoms with Crippen molar-refractivity contribution in [3.63, 3.8) is 0 Å². The van der Waals surface area contributed by atoms with E-state index in [0.717, 1.165) is 18.0 Å². The van der Waals surface area contributed by atoms with E-state index in [4.69, 9.17) is 17.3 Å². The highest BCUT2D eigenvalue weighted by molar-refractivity contribution is 6.30. The summed E-state index contributed by atoms with van der Waals surface area (Å²) >= 11 is 5.87. The number of nitrogens with two attached hydrogens (primary N) is 1. The fourth-order valence-corrected chi connectivity index (χ4v) is 2.05. The fourth-order valence-electron chi connectivity index (χ4n) is 1.93. The van der Waals surface area contributed by atoms with E-state index < -0.39 is 0 Å². The monoisotopic (exact) mass is 225 g/mol. The third-order valence-electron chi connectivity index (χ3n) is 2.61. The zero-order chi connectivity index (χ0) is 11.3. The van der Waals surface area contributed by atoms with Gasteiger partial charge < -0.3 is 5.73 Å². The van der Waals surface area contributed by atoms with Gasteiger partial charge in [0.25, 0.3) is 0 Å². The number of halogens is 1. The Hall–Kier alpha value is -0.530. The second-order valence-electron chi connectivity index (χ2n) is 4.46. The summed E-state index contributed by atoms with van der Waals surface area (Å²) in [6.07, 6.45) is 2.25. The average Bonchev–Trinajstić information content (AvgIpc) is 2.17. The van der Waals surface area contributed by atoms with Crippen LogP contribution in [0.4, 0.5) is 0 Å². The van der Waals surface area contributed by atoms with Gasteiger partial charge in [-0.25, -0.2) is 0 Å². The van der Waals surface area contributed by atoms with Crippen molar-refractivity contribution in [1.29, 1.82) is 0 Å². The molecular weight excluding hydrogens is 206 g/mol. The van der Waals surface area contributed by atoms with E-state index in [-0.39, 0.29) is 0 Å². The molecule has 2 heteroatoms. The summed E-state index contributed by atoms with van der Waals surface area (Å²) in [6, 6.07) is 8.15. The highest BCUT2D eigenvalue weighted by Crippen LogP contribution is 2.27. The zero-order valence-electron chi connectivity index (χ0n) is 9.54. The predicted molar refractivity (Wildman–Crippen MR) is 67.3 cm³/mol. The van der Waals surface area contributed by atoms with Crippen molar-refractivity contribution in [2.24, 2.45) is 11.7 Å². The maximum atomic E-state index is 5.87. The largest absolute Gasteiger partial charge is 0.330 e. The van der Waals surface area contributed by atoms with Crippen molar-refractivity contribution in [3.05, 3.63) is 34.9 Å². The van der Waals surface area contributed by atoms with E-state index in [2.05, 4.69) is 26.0 Å². The molecule has 1 aromatic carbocycles. The van der Waals surface area contributed by atoms with Gasteiger partial charge in [-0.2, -0.15) is 0 Å². The highest BCUT2D eigenvalue weighted by atomic mass is 35.5. The van der Waals surface area contributed by atoms with Gasteiger partial charge in [0.05, 0.1) is 0 Å². The molecule has 1 nitrogen and oxygen atoms in total. The molecule has 0 radical (unpaired) electrons. The van der Waals surface area contributed by atoms with E-state index >= 15 is 0 Å². The van der Waals surface area contributed by atoms with E-state index in [1.807, 2.05) is 12.1 Å². The molecule has 1 rings (SSSR count). The SMILES string of the molecule is CC(C)CC(CCN)c1ccc(Cl)cc1. The van der Waals surface area contributed by atoms with Gasteiger partial charge in [0.1, 0.15) is 0 Å². The molecule has 0 aromatic heterocycles. The Morgan fingerprint density at radius 1 is 1.20 bits per heavy atom. The molecule has 1 aromatic rings. The summed E-state index contributed by atoms with van der Waals surface area (Å²) in [5.41, 5.74) is 7.01. The third-order valence-corrected chi connectivity index (χ3v) is 2.86. The van der Waals surface area contributed by atoms with Crippen molar-refractivity contribution in [2.45, 2.75) is 32.6 Å². The Labute approximate surface area is 97.6 Å². The first-order valence-electron chi connectivity index (χ1n) is 5.59. The van der Waals surface area contributed by atoms with Crippen LogP contribution in [0.25, 0.3) is 0 Å². The van der Waals surface area contributed by atoms with Crippen molar-refractivity contribution in [3.8, 4) is 0 Å². The molecule has 0 saturated carbocycles. The predicted octanol–water partition coefficient (Wildman–Crippen LogP) is 3.82. The molecule has 1 atom stereocenters. The molecule has 0 bridgehead atoms. The number of rotatable bonds is 5. The third kappa shape index (κ3) is 4.23. The first-order chi connectivity index (χ1) is 7.13. The zero-order valence-corrected chi connectivity index (χ0v) is 10.3. The van der Waals surface area contributed by atoms with Gasteiger partial charge in [0, 0.05) is 5.02 Å². The molecule has 0 spiro atoms. The molecule has 15 heavy (non-hydrogen) atoms. The molecule has 84 valence electrons. The average molecular weight is 226 g/mol. The van der Waals surface area contributed by atoms with E-state index in [1.54, 1.807) is 0 Å². The second kappa shape index (κ2) is 6.14. The molecular formula is C13H20ClN. The molecule has 0 aliphatic heterocycles. The smallest absolute Gasteiger partial charge is 0.0406 e. The van der Waals surface area contributed by atoms with Crippen LogP contribution >= 0.6 is 11.6 Å². The Morgan fingerprint density at radius 3 is 2.27 bits per heavy atom. The van der Waals surface area contributed by atoms with E-state index in [1.165, 1.54) is 12.0 Å². The first-order valence-corrected chi connectivity index (χ1v) is 5.96. The van der Waals surface area contributed by atoms with Crippen LogP contribution in [-0.2, 0) is 0 Å². The Bertz CT molecular complexity index is 279. The van der Waals surface area contributed by atoms with Crippen molar-refractivity contribution >= 4 is 11.6 Å². The number of hydrogen-bond donors (Lipinski definition) is 1. The van der Waals surface area contributed by atoms with Crippen molar-refractivity contribution in [2.75, 3.05) is 6.54 Å². The summed E-state index contributed by atoms with van der Waals surface area (Å²) in [5, 5.41) is 0.801. The second-order valence-corrected chi connectivity index (χ2v) is 4.89. The molecule has 0 amide bonds. The van der Waals surface area contributed by atoms with Gasteiger partial charge >= 0.3 is 0 Å². The minimum atomic E-state index is 0.576. The Morgan fingerprint density at radius 2 is 1.80 bits per heavy atom. The molecule has 0 fully saturated rings. The molecule has 0 heterocycles. The van der Waals surface area contributed by atoms with Gasteiger partial charge in [-0.3, -0.25) is 0 Å². The fraction of sp³-hybridized carbons (Fsp3) is 0.538. The van der Waals surface area contributed by atoms with Crippen LogP contribution < -0.4 is 5.73 Å². The van der Waals surface area contributed by atoms with Crippen LogP contribution in [0.1, 0.15) is 38.2 Å². The number of benzene rings is 1. The van der Waals surface area contributed by atoms with Crippen LogP contribution in [0.3, 0.4) is 0 Å². The molecule has 1 unspecified atom stereocenters. The summed E-state index contributed by atoms with van der Waals surface area (Å²) in [6.45, 7) is 5.25. The van der Waals surface area contributed by atoms with Crippen LogP contribution in [0.2, 0.25) is 5.02 Å². The summed E-state index contributed by atoms with van der Waals surface area (Å²) < 4.78 is 0. The minimum absolute atomic E-state index is 0.576. The van der Waals surface area contributed by atoms with E-state index in [0.29, 0.717) is 11.8 Å². The lowest BCUT2D eigenvalue weighted by Gasteiger charge is -2.18. The lowest BCUT2D eigenvalue weighted by molar-refractivity contribution is 0.480. The van der Waals surface area contributed by atoms with Gasteiger partial charge in [-0.15, -0.1) is 0 Å². The first kappa shape index (κ1) is 12.5. The quantitative estimate of drug-likeness (QED) is 0.810. The van der Waals surface area contributed by atoms with Crippen LogP contribution in [-0.4, -0.2) is 6.54 Å². The van der Waals surface area contributed by atoms with Crippen LogP contribution in [0.5, 0.6) is 0 Å². The summed E-state index contributed by atoms with van der Waals surface area (Å²) in [5.74, 6) is 1.28. The summed E-state index contributed by atoms with van der Waals surface area (Å²) in [4.78, 5) is 0. The Balaban J connectivity index is 2.74. The van der Waals surface area contributed by atoms with Gasteiger partial charge in [0.15, 0.2) is 0 Å². The Kier molecular flexibility index (Phi) is 5.13. The molecule has 2 N–H and O–H groups in total. The normalized spacial score (nSPS) is 13.1. The lowest BCUT2D eigenvalue weighted by atomic mass is 9.88. The highest BCUT2D eigenvalue weighted by Gasteiger charge is 2.12. The van der Waals surface area contributed by atoms with Crippen molar-refractivity contribution < 1.29 is 0 Å². The maximum Gasteiger partial charge on any atom is 0.0406 e. The van der Waals surface area contributed by atoms with Gasteiger partial charge in [-0.05, 0) is 48.9 Å². The number of hydrogen-bond acceptors (Lipinski definition) is 1. The topological polar surface area (TPSA) is 26.0 Å². The standard InChI is InChI=1S/C13H20ClN/c1-10(2)9-12(7-8-15)11-3-5-13(14)6-4-11/h3-6,10,12H,7-9,15H2,1-2H3. The van der Waals surface area contributed by atoms with Crippen molar-refractivity contribution in [1.82, 2.24) is 0 Å². The maximum absolute atomic E-state index is 5.87. The van der Waals surface area contributed by atoms with Crippen LogP contribution in [0, 0.1) is 5.92 Å². The van der Waals surface area contributed by atoms with Gasteiger partial charge in [-0.1, -0.05) is 37.6 Å². The minimum Gasteiger partial charge on any atom is -0.330 e.